The lowest BCUT2D eigenvalue weighted by molar-refractivity contribution is 0.0632. The minimum Gasteiger partial charge on any atom is -0.486 e. The largest absolute Gasteiger partial charge is 0.486 e. The highest BCUT2D eigenvalue weighted by Gasteiger charge is 2.23. The summed E-state index contributed by atoms with van der Waals surface area (Å²) in [6, 6.07) is 16.0. The molecule has 3 heterocycles. The number of aryl methyl sites for hydroxylation is 2. The molecule has 6 nitrogen and oxygen atoms in total. The number of aromatic nitrogens is 2. The van der Waals surface area contributed by atoms with Crippen LogP contribution in [0.4, 0.5) is 0 Å². The molecule has 0 radical (unpaired) electrons. The van der Waals surface area contributed by atoms with Crippen LogP contribution in [0.15, 0.2) is 53.3 Å². The van der Waals surface area contributed by atoms with Crippen molar-refractivity contribution >= 4 is 21.6 Å². The monoisotopic (exact) mass is 447 g/mol. The van der Waals surface area contributed by atoms with E-state index in [0.29, 0.717) is 30.9 Å². The SMILES string of the molecule is Cc1ccc(-c2c(C)sc3nc(CN(C)CC4COc5ccccc5O4)[nH]c(=O)c23)cc1. The highest BCUT2D eigenvalue weighted by Crippen LogP contribution is 2.35. The zero-order valence-corrected chi connectivity index (χ0v) is 19.2. The van der Waals surface area contributed by atoms with Crippen LogP contribution < -0.4 is 15.0 Å². The van der Waals surface area contributed by atoms with Gasteiger partial charge >= 0.3 is 0 Å². The second kappa shape index (κ2) is 8.41. The molecule has 164 valence electrons. The number of H-pyrrole nitrogens is 1. The van der Waals surface area contributed by atoms with Crippen LogP contribution in [-0.4, -0.2) is 41.2 Å². The van der Waals surface area contributed by atoms with Gasteiger partial charge < -0.3 is 14.5 Å². The van der Waals surface area contributed by atoms with Gasteiger partial charge in [-0.15, -0.1) is 11.3 Å². The predicted molar refractivity (Wildman–Crippen MR) is 128 cm³/mol. The third-order valence-electron chi connectivity index (χ3n) is 5.63. The molecule has 1 unspecified atom stereocenters. The van der Waals surface area contributed by atoms with Gasteiger partial charge in [0.15, 0.2) is 11.5 Å². The maximum atomic E-state index is 13.0. The molecular formula is C25H25N3O3S. The van der Waals surface area contributed by atoms with E-state index in [9.17, 15) is 4.79 Å². The first-order valence-electron chi connectivity index (χ1n) is 10.6. The summed E-state index contributed by atoms with van der Waals surface area (Å²) >= 11 is 1.57. The normalized spacial score (nSPS) is 15.4. The number of benzene rings is 2. The molecule has 0 fully saturated rings. The average Bonchev–Trinajstić information content (AvgIpc) is 3.10. The van der Waals surface area contributed by atoms with Gasteiger partial charge in [0, 0.05) is 17.0 Å². The Labute approximate surface area is 190 Å². The predicted octanol–water partition coefficient (Wildman–Crippen LogP) is 4.54. The van der Waals surface area contributed by atoms with Gasteiger partial charge in [0.05, 0.1) is 11.9 Å². The summed E-state index contributed by atoms with van der Waals surface area (Å²) in [4.78, 5) is 24.8. The van der Waals surface area contributed by atoms with E-state index in [2.05, 4.69) is 41.1 Å². The van der Waals surface area contributed by atoms with Gasteiger partial charge in [-0.2, -0.15) is 0 Å². The van der Waals surface area contributed by atoms with Crippen LogP contribution in [0.5, 0.6) is 11.5 Å². The lowest BCUT2D eigenvalue weighted by Crippen LogP contribution is -2.39. The molecule has 1 N–H and O–H groups in total. The van der Waals surface area contributed by atoms with Crippen molar-refractivity contribution in [1.29, 1.82) is 0 Å². The Hall–Kier alpha value is -3.16. The van der Waals surface area contributed by atoms with Crippen molar-refractivity contribution in [3.63, 3.8) is 0 Å². The minimum absolute atomic E-state index is 0.0810. The smallest absolute Gasteiger partial charge is 0.260 e. The summed E-state index contributed by atoms with van der Waals surface area (Å²) in [5.41, 5.74) is 3.12. The maximum absolute atomic E-state index is 13.0. The van der Waals surface area contributed by atoms with E-state index in [4.69, 9.17) is 14.5 Å². The zero-order valence-electron chi connectivity index (χ0n) is 18.3. The Balaban J connectivity index is 1.35. The molecule has 0 saturated heterocycles. The molecule has 2 aromatic heterocycles. The number of nitrogens with one attached hydrogen (secondary N) is 1. The summed E-state index contributed by atoms with van der Waals surface area (Å²) in [6.45, 7) is 5.78. The fourth-order valence-electron chi connectivity index (χ4n) is 4.13. The third kappa shape index (κ3) is 4.01. The molecule has 0 amide bonds. The van der Waals surface area contributed by atoms with Crippen molar-refractivity contribution in [3.8, 4) is 22.6 Å². The van der Waals surface area contributed by atoms with Crippen LogP contribution in [0.1, 0.15) is 16.3 Å². The number of fused-ring (bicyclic) bond motifs is 2. The molecule has 1 atom stereocenters. The van der Waals surface area contributed by atoms with Gasteiger partial charge in [-0.3, -0.25) is 9.69 Å². The van der Waals surface area contributed by atoms with Crippen LogP contribution in [0.2, 0.25) is 0 Å². The first kappa shape index (κ1) is 20.7. The summed E-state index contributed by atoms with van der Waals surface area (Å²) < 4.78 is 11.9. The Morgan fingerprint density at radius 3 is 2.66 bits per heavy atom. The lowest BCUT2D eigenvalue weighted by Gasteiger charge is -2.29. The molecule has 4 aromatic rings. The number of hydrogen-bond donors (Lipinski definition) is 1. The summed E-state index contributed by atoms with van der Waals surface area (Å²) in [7, 11) is 1.99. The van der Waals surface area contributed by atoms with E-state index >= 15 is 0 Å². The quantitative estimate of drug-likeness (QED) is 0.487. The number of likely N-dealkylation sites (N-methyl/N-ethyl adjacent to an activating group) is 1. The van der Waals surface area contributed by atoms with E-state index in [1.807, 2.05) is 38.2 Å². The van der Waals surface area contributed by atoms with Gasteiger partial charge in [0.25, 0.3) is 5.56 Å². The molecule has 0 aliphatic carbocycles. The molecule has 0 bridgehead atoms. The Bertz CT molecular complexity index is 1330. The molecule has 7 heteroatoms. The van der Waals surface area contributed by atoms with Crippen molar-refractivity contribution in [3.05, 3.63) is 75.1 Å². The van der Waals surface area contributed by atoms with E-state index in [0.717, 1.165) is 32.3 Å². The number of hydrogen-bond acceptors (Lipinski definition) is 6. The molecule has 0 spiro atoms. The maximum Gasteiger partial charge on any atom is 0.260 e. The summed E-state index contributed by atoms with van der Waals surface area (Å²) in [5, 5.41) is 0.670. The number of nitrogens with zero attached hydrogens (tertiary/aromatic N) is 2. The first-order valence-corrected chi connectivity index (χ1v) is 11.5. The second-order valence-electron chi connectivity index (χ2n) is 8.29. The molecule has 2 aromatic carbocycles. The van der Waals surface area contributed by atoms with Gasteiger partial charge in [-0.25, -0.2) is 4.98 Å². The molecule has 1 aliphatic rings. The highest BCUT2D eigenvalue weighted by atomic mass is 32.1. The highest BCUT2D eigenvalue weighted by molar-refractivity contribution is 7.19. The number of thiophene rings is 1. The van der Waals surface area contributed by atoms with Crippen molar-refractivity contribution in [2.75, 3.05) is 20.2 Å². The number of rotatable bonds is 5. The fraction of sp³-hybridized carbons (Fsp3) is 0.280. The number of para-hydroxylation sites is 2. The minimum atomic E-state index is -0.0931. The van der Waals surface area contributed by atoms with E-state index in [1.54, 1.807) is 11.3 Å². The van der Waals surface area contributed by atoms with Crippen molar-refractivity contribution in [2.24, 2.45) is 0 Å². The topological polar surface area (TPSA) is 67.5 Å². The van der Waals surface area contributed by atoms with Crippen LogP contribution in [-0.2, 0) is 6.54 Å². The van der Waals surface area contributed by atoms with Crippen LogP contribution in [0.25, 0.3) is 21.3 Å². The summed E-state index contributed by atoms with van der Waals surface area (Å²) in [6.07, 6.45) is -0.0810. The van der Waals surface area contributed by atoms with Crippen LogP contribution >= 0.6 is 11.3 Å². The Kier molecular flexibility index (Phi) is 5.45. The van der Waals surface area contributed by atoms with Crippen molar-refractivity contribution in [1.82, 2.24) is 14.9 Å². The molecule has 32 heavy (non-hydrogen) atoms. The van der Waals surface area contributed by atoms with E-state index in [-0.39, 0.29) is 11.7 Å². The van der Waals surface area contributed by atoms with Gasteiger partial charge in [-0.1, -0.05) is 42.0 Å². The average molecular weight is 448 g/mol. The van der Waals surface area contributed by atoms with Crippen LogP contribution in [0.3, 0.4) is 0 Å². The number of ether oxygens (including phenoxy) is 2. The number of aromatic amines is 1. The van der Waals surface area contributed by atoms with Gasteiger partial charge in [0.1, 0.15) is 23.4 Å². The van der Waals surface area contributed by atoms with Crippen molar-refractivity contribution < 1.29 is 9.47 Å². The Morgan fingerprint density at radius 1 is 1.12 bits per heavy atom. The van der Waals surface area contributed by atoms with Crippen LogP contribution in [0, 0.1) is 13.8 Å². The molecule has 5 rings (SSSR count). The van der Waals surface area contributed by atoms with Gasteiger partial charge in [0.2, 0.25) is 0 Å². The lowest BCUT2D eigenvalue weighted by atomic mass is 10.0. The second-order valence-corrected chi connectivity index (χ2v) is 9.49. The molecular weight excluding hydrogens is 422 g/mol. The third-order valence-corrected chi connectivity index (χ3v) is 6.63. The van der Waals surface area contributed by atoms with E-state index < -0.39 is 0 Å². The molecule has 1 aliphatic heterocycles. The fourth-order valence-corrected chi connectivity index (χ4v) is 5.19. The first-order chi connectivity index (χ1) is 15.5. The zero-order chi connectivity index (χ0) is 22.2. The Morgan fingerprint density at radius 2 is 1.88 bits per heavy atom. The summed E-state index contributed by atoms with van der Waals surface area (Å²) in [5.74, 6) is 2.20. The van der Waals surface area contributed by atoms with Crippen molar-refractivity contribution in [2.45, 2.75) is 26.5 Å². The van der Waals surface area contributed by atoms with Gasteiger partial charge in [-0.05, 0) is 38.6 Å². The molecule has 0 saturated carbocycles. The van der Waals surface area contributed by atoms with E-state index in [1.165, 1.54) is 5.56 Å². The standard InChI is InChI=1S/C25H25N3O3S/c1-15-8-10-17(11-9-15)22-16(2)32-25-23(22)24(29)26-21(27-25)13-28(3)12-18-14-30-19-6-4-5-7-20(19)31-18/h4-11,18H,12-14H2,1-3H3,(H,26,27,29).